The van der Waals surface area contributed by atoms with E-state index in [0.29, 0.717) is 19.1 Å². The summed E-state index contributed by atoms with van der Waals surface area (Å²) < 4.78 is 26.4. The molecule has 17 heavy (non-hydrogen) atoms. The van der Waals surface area contributed by atoms with Crippen molar-refractivity contribution in [3.8, 4) is 0 Å². The maximum Gasteiger partial charge on any atom is 0.218 e. The van der Waals surface area contributed by atoms with Crippen LogP contribution in [0.5, 0.6) is 0 Å². The lowest BCUT2D eigenvalue weighted by Gasteiger charge is -2.29. The molecule has 5 heteroatoms. The van der Waals surface area contributed by atoms with Gasteiger partial charge < -0.3 is 5.32 Å². The highest BCUT2D eigenvalue weighted by molar-refractivity contribution is 7.89. The smallest absolute Gasteiger partial charge is 0.218 e. The summed E-state index contributed by atoms with van der Waals surface area (Å²) in [5.74, 6) is 0. The van der Waals surface area contributed by atoms with Crippen molar-refractivity contribution in [1.29, 1.82) is 0 Å². The third-order valence-corrected chi connectivity index (χ3v) is 5.96. The Balaban J connectivity index is 2.61. The highest BCUT2D eigenvalue weighted by Gasteiger charge is 2.31. The molecule has 0 heterocycles. The minimum atomic E-state index is -3.16. The van der Waals surface area contributed by atoms with Crippen LogP contribution in [0.4, 0.5) is 0 Å². The summed E-state index contributed by atoms with van der Waals surface area (Å²) in [4.78, 5) is 0. The third kappa shape index (κ3) is 3.93. The molecule has 0 aliphatic heterocycles. The van der Waals surface area contributed by atoms with E-state index in [2.05, 4.69) is 5.32 Å². The molecule has 0 spiro atoms. The summed E-state index contributed by atoms with van der Waals surface area (Å²) in [6, 6.07) is 0.653. The van der Waals surface area contributed by atoms with Gasteiger partial charge in [-0.05, 0) is 33.1 Å². The molecule has 0 aromatic carbocycles. The molecule has 102 valence electrons. The second kappa shape index (κ2) is 6.16. The number of rotatable bonds is 8. The second-order valence-corrected chi connectivity index (χ2v) is 7.30. The molecule has 1 aliphatic rings. The van der Waals surface area contributed by atoms with Crippen LogP contribution in [0.15, 0.2) is 0 Å². The van der Waals surface area contributed by atoms with Crippen LogP contribution in [-0.4, -0.2) is 43.1 Å². The zero-order valence-corrected chi connectivity index (χ0v) is 12.3. The van der Waals surface area contributed by atoms with Gasteiger partial charge in [0.15, 0.2) is 0 Å². The molecule has 0 bridgehead atoms. The first-order valence-corrected chi connectivity index (χ1v) is 8.17. The maximum atomic E-state index is 12.4. The van der Waals surface area contributed by atoms with Crippen LogP contribution in [0.1, 0.15) is 47.0 Å². The largest absolute Gasteiger partial charge is 0.313 e. The highest BCUT2D eigenvalue weighted by Crippen LogP contribution is 2.20. The van der Waals surface area contributed by atoms with Crippen LogP contribution in [0.2, 0.25) is 0 Å². The van der Waals surface area contributed by atoms with E-state index in [9.17, 15) is 8.42 Å². The number of nitrogens with one attached hydrogen (secondary N) is 1. The summed E-state index contributed by atoms with van der Waals surface area (Å²) in [7, 11) is -3.16. The summed E-state index contributed by atoms with van der Waals surface area (Å²) in [6.45, 7) is 8.84. The molecule has 0 radical (unpaired) electrons. The number of sulfonamides is 1. The second-order valence-electron chi connectivity index (χ2n) is 5.00. The third-order valence-electron chi connectivity index (χ3n) is 3.50. The summed E-state index contributed by atoms with van der Waals surface area (Å²) in [5.41, 5.74) is 0. The molecule has 1 fully saturated rings. The Morgan fingerprint density at radius 2 is 1.88 bits per heavy atom. The molecule has 1 N–H and O–H groups in total. The van der Waals surface area contributed by atoms with Crippen molar-refractivity contribution in [3.63, 3.8) is 0 Å². The molecule has 4 nitrogen and oxygen atoms in total. The molecule has 1 saturated carbocycles. The van der Waals surface area contributed by atoms with E-state index in [1.54, 1.807) is 11.2 Å². The monoisotopic (exact) mass is 262 g/mol. The van der Waals surface area contributed by atoms with E-state index in [1.807, 2.05) is 20.8 Å². The average molecular weight is 262 g/mol. The van der Waals surface area contributed by atoms with Gasteiger partial charge in [-0.1, -0.05) is 13.8 Å². The molecule has 0 saturated heterocycles. The van der Waals surface area contributed by atoms with Crippen molar-refractivity contribution < 1.29 is 8.42 Å². The molecular weight excluding hydrogens is 236 g/mol. The molecule has 2 unspecified atom stereocenters. The van der Waals surface area contributed by atoms with Crippen LogP contribution >= 0.6 is 0 Å². The molecule has 1 aliphatic carbocycles. The van der Waals surface area contributed by atoms with Crippen LogP contribution in [0.3, 0.4) is 0 Å². The van der Waals surface area contributed by atoms with Gasteiger partial charge in [0, 0.05) is 25.2 Å². The number of hydrogen-bond donors (Lipinski definition) is 1. The maximum absolute atomic E-state index is 12.4. The number of nitrogens with zero attached hydrogens (tertiary/aromatic N) is 1. The lowest BCUT2D eigenvalue weighted by molar-refractivity contribution is 0.337. The van der Waals surface area contributed by atoms with Crippen molar-refractivity contribution in [3.05, 3.63) is 0 Å². The molecule has 0 aromatic heterocycles. The van der Waals surface area contributed by atoms with Crippen molar-refractivity contribution in [1.82, 2.24) is 9.62 Å². The van der Waals surface area contributed by atoms with E-state index in [-0.39, 0.29) is 11.3 Å². The Morgan fingerprint density at radius 3 is 2.29 bits per heavy atom. The zero-order valence-electron chi connectivity index (χ0n) is 11.4. The van der Waals surface area contributed by atoms with E-state index in [0.717, 1.165) is 6.42 Å². The predicted molar refractivity (Wildman–Crippen MR) is 71.5 cm³/mol. The predicted octanol–water partition coefficient (Wildman–Crippen LogP) is 1.58. The molecule has 0 amide bonds. The molecule has 0 aromatic rings. The van der Waals surface area contributed by atoms with Gasteiger partial charge in [-0.3, -0.25) is 0 Å². The van der Waals surface area contributed by atoms with Gasteiger partial charge in [0.05, 0.1) is 5.25 Å². The van der Waals surface area contributed by atoms with Crippen LogP contribution in [0.25, 0.3) is 0 Å². The normalized spacial score (nSPS) is 20.5. The van der Waals surface area contributed by atoms with Crippen molar-refractivity contribution >= 4 is 10.0 Å². The molecule has 1 rings (SSSR count). The Labute approximate surface area is 106 Å². The van der Waals surface area contributed by atoms with Crippen LogP contribution < -0.4 is 5.32 Å². The van der Waals surface area contributed by atoms with E-state index in [1.165, 1.54) is 12.8 Å². The summed E-state index contributed by atoms with van der Waals surface area (Å²) in [5, 5.41) is 2.96. The van der Waals surface area contributed by atoms with Crippen LogP contribution in [0, 0.1) is 0 Å². The fraction of sp³-hybridized carbons (Fsp3) is 1.00. The first-order valence-electron chi connectivity index (χ1n) is 6.67. The average Bonchev–Trinajstić information content (AvgIpc) is 3.09. The van der Waals surface area contributed by atoms with Crippen molar-refractivity contribution in [2.45, 2.75) is 64.3 Å². The first-order chi connectivity index (χ1) is 7.93. The molecule has 2 atom stereocenters. The van der Waals surface area contributed by atoms with E-state index >= 15 is 0 Å². The lowest BCUT2D eigenvalue weighted by atomic mass is 10.3. The van der Waals surface area contributed by atoms with Gasteiger partial charge in [0.2, 0.25) is 10.0 Å². The van der Waals surface area contributed by atoms with Gasteiger partial charge in [-0.25, -0.2) is 8.42 Å². The molecular formula is C12H26N2O2S. The first kappa shape index (κ1) is 14.9. The summed E-state index contributed by atoms with van der Waals surface area (Å²) >= 11 is 0. The van der Waals surface area contributed by atoms with E-state index < -0.39 is 10.0 Å². The fourth-order valence-electron chi connectivity index (χ4n) is 1.90. The Bertz CT molecular complexity index is 325. The van der Waals surface area contributed by atoms with Gasteiger partial charge >= 0.3 is 0 Å². The van der Waals surface area contributed by atoms with Crippen LogP contribution in [-0.2, 0) is 10.0 Å². The van der Waals surface area contributed by atoms with Gasteiger partial charge in [-0.2, -0.15) is 4.31 Å². The minimum absolute atomic E-state index is 0.0911. The SMILES string of the molecule is CCC(C)N(CC)S(=O)(=O)C(C)CNC1CC1. The zero-order chi connectivity index (χ0) is 13.1. The Hall–Kier alpha value is -0.130. The van der Waals surface area contributed by atoms with Crippen molar-refractivity contribution in [2.24, 2.45) is 0 Å². The lowest BCUT2D eigenvalue weighted by Crippen LogP contribution is -2.46. The summed E-state index contributed by atoms with van der Waals surface area (Å²) in [6.07, 6.45) is 3.24. The minimum Gasteiger partial charge on any atom is -0.313 e. The topological polar surface area (TPSA) is 49.4 Å². The van der Waals surface area contributed by atoms with Gasteiger partial charge in [-0.15, -0.1) is 0 Å². The van der Waals surface area contributed by atoms with Gasteiger partial charge in [0.1, 0.15) is 0 Å². The fourth-order valence-corrected chi connectivity index (χ4v) is 3.68. The van der Waals surface area contributed by atoms with Crippen molar-refractivity contribution in [2.75, 3.05) is 13.1 Å². The van der Waals surface area contributed by atoms with E-state index in [4.69, 9.17) is 0 Å². The standard InChI is InChI=1S/C12H26N2O2S/c1-5-10(3)14(6-2)17(15,16)11(4)9-13-12-7-8-12/h10-13H,5-9H2,1-4H3. The quantitative estimate of drug-likeness (QED) is 0.722. The Morgan fingerprint density at radius 1 is 1.29 bits per heavy atom. The van der Waals surface area contributed by atoms with Gasteiger partial charge in [0.25, 0.3) is 0 Å². The Kier molecular flexibility index (Phi) is 5.41. The highest BCUT2D eigenvalue weighted by atomic mass is 32.2. The number of hydrogen-bond acceptors (Lipinski definition) is 3.